The van der Waals surface area contributed by atoms with E-state index in [1.807, 2.05) is 0 Å². The summed E-state index contributed by atoms with van der Waals surface area (Å²) < 4.78 is 54.8. The molecular formula is C16H10F4O. The van der Waals surface area contributed by atoms with Crippen molar-refractivity contribution >= 4 is 0 Å². The summed E-state index contributed by atoms with van der Waals surface area (Å²) in [5.41, 5.74) is 1.31. The fourth-order valence-corrected chi connectivity index (χ4v) is 1.95. The van der Waals surface area contributed by atoms with Crippen molar-refractivity contribution in [1.82, 2.24) is 0 Å². The first-order chi connectivity index (χ1) is 9.78. The van der Waals surface area contributed by atoms with Gasteiger partial charge in [-0.05, 0) is 48.4 Å². The van der Waals surface area contributed by atoms with Crippen LogP contribution in [0.5, 0.6) is 5.75 Å². The van der Waals surface area contributed by atoms with Gasteiger partial charge in [0.15, 0.2) is 0 Å². The summed E-state index contributed by atoms with van der Waals surface area (Å²) in [4.78, 5) is 0. The third-order valence-electron chi connectivity index (χ3n) is 2.73. The molecule has 2 aromatic rings. The number of halogens is 4. The maximum atomic E-state index is 13.5. The number of rotatable bonds is 2. The molecule has 0 atom stereocenters. The van der Waals surface area contributed by atoms with E-state index >= 15 is 0 Å². The van der Waals surface area contributed by atoms with E-state index in [1.54, 1.807) is 13.0 Å². The van der Waals surface area contributed by atoms with Crippen LogP contribution in [0, 0.1) is 25.1 Å². The Morgan fingerprint density at radius 2 is 1.81 bits per heavy atom. The monoisotopic (exact) mass is 294 g/mol. The minimum Gasteiger partial charge on any atom is -0.405 e. The molecule has 0 spiro atoms. The van der Waals surface area contributed by atoms with Gasteiger partial charge in [0.25, 0.3) is 0 Å². The molecule has 0 aliphatic heterocycles. The van der Waals surface area contributed by atoms with Gasteiger partial charge in [-0.15, -0.1) is 19.6 Å². The van der Waals surface area contributed by atoms with Crippen LogP contribution >= 0.6 is 0 Å². The minimum atomic E-state index is -4.84. The first kappa shape index (κ1) is 14.9. The molecule has 0 aliphatic carbocycles. The molecule has 2 aromatic carbocycles. The van der Waals surface area contributed by atoms with Crippen molar-refractivity contribution in [2.45, 2.75) is 13.3 Å². The molecule has 0 fully saturated rings. The molecule has 0 heterocycles. The van der Waals surface area contributed by atoms with Gasteiger partial charge in [0, 0.05) is 11.1 Å². The van der Waals surface area contributed by atoms with E-state index in [9.17, 15) is 17.6 Å². The molecule has 0 radical (unpaired) electrons. The zero-order chi connectivity index (χ0) is 15.6. The normalized spacial score (nSPS) is 11.0. The van der Waals surface area contributed by atoms with Gasteiger partial charge in [-0.25, -0.2) is 4.39 Å². The second-order valence-electron chi connectivity index (χ2n) is 4.42. The Morgan fingerprint density at radius 1 is 1.10 bits per heavy atom. The van der Waals surface area contributed by atoms with E-state index in [1.165, 1.54) is 18.2 Å². The second kappa shape index (κ2) is 5.49. The Balaban J connectivity index is 2.61. The molecule has 2 rings (SSSR count). The Morgan fingerprint density at radius 3 is 2.38 bits per heavy atom. The molecule has 0 aliphatic rings. The topological polar surface area (TPSA) is 9.23 Å². The summed E-state index contributed by atoms with van der Waals surface area (Å²) in [6, 6.07) is 7.77. The van der Waals surface area contributed by atoms with E-state index in [4.69, 9.17) is 6.42 Å². The Bertz CT molecular complexity index is 691. The largest absolute Gasteiger partial charge is 0.573 e. The van der Waals surface area contributed by atoms with Crippen LogP contribution in [0.4, 0.5) is 17.6 Å². The lowest BCUT2D eigenvalue weighted by molar-refractivity contribution is -0.274. The summed E-state index contributed by atoms with van der Waals surface area (Å²) in [7, 11) is 0. The third kappa shape index (κ3) is 3.76. The Hall–Kier alpha value is -2.48. The standard InChI is InChI=1S/C16H10F4O/c1-3-11-4-5-15(21-16(18,19)20)14(8-11)12-6-10(2)7-13(17)9-12/h1,4-9H,2H3. The Kier molecular flexibility index (Phi) is 3.90. The van der Waals surface area contributed by atoms with Crippen LogP contribution in [0.1, 0.15) is 11.1 Å². The van der Waals surface area contributed by atoms with E-state index < -0.39 is 17.9 Å². The van der Waals surface area contributed by atoms with Gasteiger partial charge in [0.2, 0.25) is 0 Å². The summed E-state index contributed by atoms with van der Waals surface area (Å²) in [6.45, 7) is 1.64. The van der Waals surface area contributed by atoms with Crippen molar-refractivity contribution in [1.29, 1.82) is 0 Å². The van der Waals surface area contributed by atoms with Crippen LogP contribution in [0.15, 0.2) is 36.4 Å². The highest BCUT2D eigenvalue weighted by atomic mass is 19.4. The molecule has 5 heteroatoms. The highest BCUT2D eigenvalue weighted by Crippen LogP contribution is 2.35. The number of aryl methyl sites for hydroxylation is 1. The van der Waals surface area contributed by atoms with Crippen molar-refractivity contribution in [3.8, 4) is 29.2 Å². The lowest BCUT2D eigenvalue weighted by Gasteiger charge is -2.14. The maximum Gasteiger partial charge on any atom is 0.573 e. The van der Waals surface area contributed by atoms with E-state index in [0.717, 1.165) is 12.1 Å². The van der Waals surface area contributed by atoms with Crippen molar-refractivity contribution in [2.24, 2.45) is 0 Å². The number of hydrogen-bond donors (Lipinski definition) is 0. The zero-order valence-electron chi connectivity index (χ0n) is 11.0. The fourth-order valence-electron chi connectivity index (χ4n) is 1.95. The lowest BCUT2D eigenvalue weighted by atomic mass is 10.00. The van der Waals surface area contributed by atoms with Crippen LogP contribution < -0.4 is 4.74 Å². The molecule has 0 unspecified atom stereocenters. The van der Waals surface area contributed by atoms with Crippen molar-refractivity contribution in [2.75, 3.05) is 0 Å². The van der Waals surface area contributed by atoms with Crippen molar-refractivity contribution in [3.63, 3.8) is 0 Å². The lowest BCUT2D eigenvalue weighted by Crippen LogP contribution is -2.17. The summed E-state index contributed by atoms with van der Waals surface area (Å²) >= 11 is 0. The van der Waals surface area contributed by atoms with Crippen molar-refractivity contribution < 1.29 is 22.3 Å². The minimum absolute atomic E-state index is 0.0883. The zero-order valence-corrected chi connectivity index (χ0v) is 11.0. The molecule has 0 N–H and O–H groups in total. The average Bonchev–Trinajstić information content (AvgIpc) is 2.36. The number of alkyl halides is 3. The molecule has 0 saturated heterocycles. The number of hydrogen-bond acceptors (Lipinski definition) is 1. The number of terminal acetylenes is 1. The SMILES string of the molecule is C#Cc1ccc(OC(F)(F)F)c(-c2cc(C)cc(F)c2)c1. The number of ether oxygens (including phenoxy) is 1. The van der Waals surface area contributed by atoms with Crippen LogP contribution in [-0.4, -0.2) is 6.36 Å². The van der Waals surface area contributed by atoms with Gasteiger partial charge in [0.05, 0.1) is 0 Å². The third-order valence-corrected chi connectivity index (χ3v) is 2.73. The van der Waals surface area contributed by atoms with Gasteiger partial charge >= 0.3 is 6.36 Å². The first-order valence-corrected chi connectivity index (χ1v) is 5.92. The van der Waals surface area contributed by atoms with Gasteiger partial charge in [-0.1, -0.05) is 12.0 Å². The Labute approximate surface area is 119 Å². The molecule has 0 amide bonds. The fraction of sp³-hybridized carbons (Fsp3) is 0.125. The van der Waals surface area contributed by atoms with Gasteiger partial charge in [0.1, 0.15) is 11.6 Å². The second-order valence-corrected chi connectivity index (χ2v) is 4.42. The van der Waals surface area contributed by atoms with Gasteiger partial charge in [-0.2, -0.15) is 0 Å². The van der Waals surface area contributed by atoms with Crippen LogP contribution in [-0.2, 0) is 0 Å². The quantitative estimate of drug-likeness (QED) is 0.577. The molecule has 0 bridgehead atoms. The molecule has 0 aromatic heterocycles. The van der Waals surface area contributed by atoms with Gasteiger partial charge < -0.3 is 4.74 Å². The predicted molar refractivity (Wildman–Crippen MR) is 71.2 cm³/mol. The van der Waals surface area contributed by atoms with E-state index in [-0.39, 0.29) is 11.1 Å². The summed E-state index contributed by atoms with van der Waals surface area (Å²) in [6.07, 6.45) is 0.408. The highest BCUT2D eigenvalue weighted by Gasteiger charge is 2.32. The van der Waals surface area contributed by atoms with Crippen molar-refractivity contribution in [3.05, 3.63) is 53.3 Å². The average molecular weight is 294 g/mol. The van der Waals surface area contributed by atoms with Crippen LogP contribution in [0.2, 0.25) is 0 Å². The predicted octanol–water partition coefficient (Wildman–Crippen LogP) is 4.68. The summed E-state index contributed by atoms with van der Waals surface area (Å²) in [5.74, 6) is 1.35. The first-order valence-electron chi connectivity index (χ1n) is 5.92. The van der Waals surface area contributed by atoms with E-state index in [2.05, 4.69) is 10.7 Å². The number of benzene rings is 2. The van der Waals surface area contributed by atoms with E-state index in [0.29, 0.717) is 11.1 Å². The maximum absolute atomic E-state index is 13.5. The van der Waals surface area contributed by atoms with Gasteiger partial charge in [-0.3, -0.25) is 0 Å². The molecule has 21 heavy (non-hydrogen) atoms. The smallest absolute Gasteiger partial charge is 0.405 e. The van der Waals surface area contributed by atoms with Crippen LogP contribution in [0.25, 0.3) is 11.1 Å². The summed E-state index contributed by atoms with van der Waals surface area (Å²) in [5, 5.41) is 0. The van der Waals surface area contributed by atoms with Crippen LogP contribution in [0.3, 0.4) is 0 Å². The molecule has 0 saturated carbocycles. The molecule has 108 valence electrons. The molecular weight excluding hydrogens is 284 g/mol. The molecule has 1 nitrogen and oxygen atoms in total. The highest BCUT2D eigenvalue weighted by molar-refractivity contribution is 5.72.